The van der Waals surface area contributed by atoms with Crippen molar-refractivity contribution in [2.24, 2.45) is 0 Å². The topological polar surface area (TPSA) is 49.8 Å². The Morgan fingerprint density at radius 2 is 1.72 bits per heavy atom. The molecule has 0 spiro atoms. The predicted molar refractivity (Wildman–Crippen MR) is 134 cm³/mol. The Kier molecular flexibility index (Phi) is 9.79. The zero-order valence-electron chi connectivity index (χ0n) is 20.0. The van der Waals surface area contributed by atoms with Crippen molar-refractivity contribution in [2.45, 2.75) is 44.9 Å². The highest BCUT2D eigenvalue weighted by Crippen LogP contribution is 2.36. The summed E-state index contributed by atoms with van der Waals surface area (Å²) in [5.41, 5.74) is 1.38. The Hall–Kier alpha value is -3.03. The lowest BCUT2D eigenvalue weighted by molar-refractivity contribution is -0.138. The van der Waals surface area contributed by atoms with Crippen LogP contribution in [-0.2, 0) is 30.4 Å². The van der Waals surface area contributed by atoms with Crippen LogP contribution >= 0.6 is 11.6 Å². The predicted octanol–water partition coefficient (Wildman–Crippen LogP) is 6.89. The maximum Gasteiger partial charge on any atom is 0.417 e. The number of alkyl halides is 3. The normalized spacial score (nSPS) is 12.5. The van der Waals surface area contributed by atoms with Crippen LogP contribution in [0.5, 0.6) is 5.75 Å². The molecule has 0 saturated carbocycles. The van der Waals surface area contributed by atoms with Gasteiger partial charge in [-0.05, 0) is 54.7 Å². The fraction of sp³-hybridized carbons (Fsp3) is 0.321. The molecule has 192 valence electrons. The van der Waals surface area contributed by atoms with Crippen LogP contribution in [0.4, 0.5) is 13.2 Å². The standard InChI is InChI=1S/C28H29ClF3NO3/c1-20(14-16-36-24-11-5-9-22(17-24)18-26(34)35)33(15-13-21-7-3-2-4-8-21)19-23-10-6-12-25(27(23)29)28(30,31)32/h2-12,17,20H,13-16,18-19H2,1H3,(H,34,35)/t20-/m1/s1. The number of hydrogen-bond donors (Lipinski definition) is 1. The van der Waals surface area contributed by atoms with E-state index in [0.29, 0.717) is 36.4 Å². The molecule has 0 amide bonds. The van der Waals surface area contributed by atoms with E-state index in [-0.39, 0.29) is 24.0 Å². The van der Waals surface area contributed by atoms with Gasteiger partial charge in [-0.3, -0.25) is 9.69 Å². The van der Waals surface area contributed by atoms with E-state index in [1.807, 2.05) is 37.3 Å². The van der Waals surface area contributed by atoms with Crippen LogP contribution in [0.1, 0.15) is 35.6 Å². The molecular weight excluding hydrogens is 491 g/mol. The summed E-state index contributed by atoms with van der Waals surface area (Å²) < 4.78 is 46.0. The number of rotatable bonds is 12. The molecule has 3 rings (SSSR count). The van der Waals surface area contributed by atoms with Crippen molar-refractivity contribution in [3.63, 3.8) is 0 Å². The van der Waals surface area contributed by atoms with Crippen LogP contribution in [0.3, 0.4) is 0 Å². The van der Waals surface area contributed by atoms with Crippen LogP contribution in [0.25, 0.3) is 0 Å². The van der Waals surface area contributed by atoms with Crippen molar-refractivity contribution < 1.29 is 27.8 Å². The van der Waals surface area contributed by atoms with Crippen molar-refractivity contribution in [3.05, 3.63) is 100 Å². The van der Waals surface area contributed by atoms with Crippen molar-refractivity contribution in [1.29, 1.82) is 0 Å². The van der Waals surface area contributed by atoms with Gasteiger partial charge >= 0.3 is 12.1 Å². The SMILES string of the molecule is C[C@H](CCOc1cccc(CC(=O)O)c1)N(CCc1ccccc1)Cc1cccc(C(F)(F)F)c1Cl. The van der Waals surface area contributed by atoms with Crippen LogP contribution in [0, 0.1) is 0 Å². The Labute approximate surface area is 214 Å². The van der Waals surface area contributed by atoms with E-state index in [1.54, 1.807) is 30.3 Å². The quantitative estimate of drug-likeness (QED) is 0.283. The van der Waals surface area contributed by atoms with Crippen molar-refractivity contribution in [2.75, 3.05) is 13.2 Å². The molecule has 0 bridgehead atoms. The lowest BCUT2D eigenvalue weighted by atomic mass is 10.1. The van der Waals surface area contributed by atoms with Gasteiger partial charge in [-0.25, -0.2) is 0 Å². The van der Waals surface area contributed by atoms with Gasteiger partial charge in [0.1, 0.15) is 5.75 Å². The first kappa shape index (κ1) is 27.6. The first-order valence-corrected chi connectivity index (χ1v) is 12.1. The zero-order chi connectivity index (χ0) is 26.1. The van der Waals surface area contributed by atoms with Gasteiger partial charge in [0, 0.05) is 19.1 Å². The number of aliphatic carboxylic acids is 1. The molecule has 4 nitrogen and oxygen atoms in total. The van der Waals surface area contributed by atoms with Gasteiger partial charge in [0.15, 0.2) is 0 Å². The minimum atomic E-state index is -4.52. The molecule has 0 aliphatic heterocycles. The number of carbonyl (C=O) groups is 1. The number of carboxylic acids is 1. The maximum atomic E-state index is 13.4. The van der Waals surface area contributed by atoms with Crippen molar-refractivity contribution >= 4 is 17.6 Å². The highest BCUT2D eigenvalue weighted by molar-refractivity contribution is 6.32. The number of hydrogen-bond acceptors (Lipinski definition) is 3. The van der Waals surface area contributed by atoms with Gasteiger partial charge in [0.25, 0.3) is 0 Å². The van der Waals surface area contributed by atoms with E-state index in [0.717, 1.165) is 18.1 Å². The molecule has 1 N–H and O–H groups in total. The van der Waals surface area contributed by atoms with Gasteiger partial charge in [-0.15, -0.1) is 0 Å². The third-order valence-electron chi connectivity index (χ3n) is 5.97. The molecule has 0 aliphatic rings. The number of ether oxygens (including phenoxy) is 1. The van der Waals surface area contributed by atoms with Crippen LogP contribution in [0.2, 0.25) is 5.02 Å². The van der Waals surface area contributed by atoms with E-state index < -0.39 is 17.7 Å². The molecule has 0 fully saturated rings. The Balaban J connectivity index is 1.69. The summed E-state index contributed by atoms with van der Waals surface area (Å²) in [7, 11) is 0. The fourth-order valence-corrected chi connectivity index (χ4v) is 4.25. The van der Waals surface area contributed by atoms with Gasteiger partial charge in [-0.2, -0.15) is 13.2 Å². The summed E-state index contributed by atoms with van der Waals surface area (Å²) in [4.78, 5) is 13.1. The van der Waals surface area contributed by atoms with Crippen LogP contribution in [-0.4, -0.2) is 35.2 Å². The summed E-state index contributed by atoms with van der Waals surface area (Å²) in [6.45, 7) is 3.28. The van der Waals surface area contributed by atoms with Crippen LogP contribution < -0.4 is 4.74 Å². The molecule has 0 heterocycles. The molecule has 3 aromatic rings. The number of benzene rings is 3. The van der Waals surface area contributed by atoms with E-state index >= 15 is 0 Å². The monoisotopic (exact) mass is 519 g/mol. The molecule has 0 aromatic heterocycles. The number of carboxylic acid groups (broad SMARTS) is 1. The second-order valence-corrected chi connectivity index (χ2v) is 9.06. The van der Waals surface area contributed by atoms with E-state index in [9.17, 15) is 18.0 Å². The third-order valence-corrected chi connectivity index (χ3v) is 6.42. The number of halogens is 4. The minimum Gasteiger partial charge on any atom is -0.494 e. The molecule has 1 atom stereocenters. The Bertz CT molecular complexity index is 1140. The molecule has 0 unspecified atom stereocenters. The first-order chi connectivity index (χ1) is 17.1. The highest BCUT2D eigenvalue weighted by Gasteiger charge is 2.34. The molecule has 0 saturated heterocycles. The maximum absolute atomic E-state index is 13.4. The largest absolute Gasteiger partial charge is 0.494 e. The number of nitrogens with zero attached hydrogens (tertiary/aromatic N) is 1. The smallest absolute Gasteiger partial charge is 0.417 e. The van der Waals surface area contributed by atoms with Gasteiger partial charge < -0.3 is 9.84 Å². The average molecular weight is 520 g/mol. The van der Waals surface area contributed by atoms with Gasteiger partial charge in [-0.1, -0.05) is 66.2 Å². The lowest BCUT2D eigenvalue weighted by Gasteiger charge is -2.30. The summed E-state index contributed by atoms with van der Waals surface area (Å²) in [6.07, 6.45) is -3.25. The molecule has 3 aromatic carbocycles. The molecular formula is C28H29ClF3NO3. The molecule has 0 radical (unpaired) electrons. The van der Waals surface area contributed by atoms with E-state index in [4.69, 9.17) is 21.4 Å². The second-order valence-electron chi connectivity index (χ2n) is 8.69. The molecule has 8 heteroatoms. The summed E-state index contributed by atoms with van der Waals surface area (Å²) in [5, 5.41) is 8.71. The summed E-state index contributed by atoms with van der Waals surface area (Å²) in [6, 6.07) is 20.8. The van der Waals surface area contributed by atoms with Gasteiger partial charge in [0.2, 0.25) is 0 Å². The second kappa shape index (κ2) is 12.8. The van der Waals surface area contributed by atoms with Crippen molar-refractivity contribution in [3.8, 4) is 5.75 Å². The molecule has 0 aliphatic carbocycles. The highest BCUT2D eigenvalue weighted by atomic mass is 35.5. The zero-order valence-corrected chi connectivity index (χ0v) is 20.7. The first-order valence-electron chi connectivity index (χ1n) is 11.7. The Morgan fingerprint density at radius 1 is 1.03 bits per heavy atom. The van der Waals surface area contributed by atoms with Gasteiger partial charge in [0.05, 0.1) is 23.6 Å². The molecule has 36 heavy (non-hydrogen) atoms. The minimum absolute atomic E-state index is 0.0125. The Morgan fingerprint density at radius 3 is 2.42 bits per heavy atom. The lowest BCUT2D eigenvalue weighted by Crippen LogP contribution is -2.35. The van der Waals surface area contributed by atoms with E-state index in [1.165, 1.54) is 6.07 Å². The van der Waals surface area contributed by atoms with E-state index in [2.05, 4.69) is 4.90 Å². The third kappa shape index (κ3) is 8.28. The average Bonchev–Trinajstić information content (AvgIpc) is 2.82. The fourth-order valence-electron chi connectivity index (χ4n) is 3.96. The summed E-state index contributed by atoms with van der Waals surface area (Å²) in [5.74, 6) is -0.333. The summed E-state index contributed by atoms with van der Waals surface area (Å²) >= 11 is 6.18. The van der Waals surface area contributed by atoms with Crippen molar-refractivity contribution in [1.82, 2.24) is 4.90 Å². The van der Waals surface area contributed by atoms with Crippen LogP contribution in [0.15, 0.2) is 72.8 Å².